The largest absolute Gasteiger partial charge is 0.451 e. The fraction of sp³-hybridized carbons (Fsp3) is 0.235. The minimum absolute atomic E-state index is 0.0241. The zero-order valence-electron chi connectivity index (χ0n) is 13.2. The molecule has 6 nitrogen and oxygen atoms in total. The normalized spacial score (nSPS) is 10.9. The zero-order valence-corrected chi connectivity index (χ0v) is 14.0. The summed E-state index contributed by atoms with van der Waals surface area (Å²) in [5, 5.41) is 5.67. The van der Waals surface area contributed by atoms with Crippen LogP contribution in [0.3, 0.4) is 0 Å². The number of nitrogen functional groups attached to an aromatic ring is 1. The van der Waals surface area contributed by atoms with Crippen LogP contribution in [0.2, 0.25) is 0 Å². The van der Waals surface area contributed by atoms with Crippen LogP contribution in [0, 0.1) is 6.92 Å². The van der Waals surface area contributed by atoms with Gasteiger partial charge in [-0.05, 0) is 37.5 Å². The van der Waals surface area contributed by atoms with Gasteiger partial charge in [-0.25, -0.2) is 4.98 Å². The van der Waals surface area contributed by atoms with Crippen LogP contribution in [0.5, 0.6) is 0 Å². The molecule has 0 aliphatic rings. The highest BCUT2D eigenvalue weighted by atomic mass is 32.1. The number of benzene rings is 1. The van der Waals surface area contributed by atoms with E-state index in [9.17, 15) is 9.59 Å². The van der Waals surface area contributed by atoms with Crippen LogP contribution >= 0.6 is 11.3 Å². The third-order valence-corrected chi connectivity index (χ3v) is 4.30. The van der Waals surface area contributed by atoms with Gasteiger partial charge in [-0.2, -0.15) is 0 Å². The van der Waals surface area contributed by atoms with E-state index < -0.39 is 5.91 Å². The fourth-order valence-corrected chi connectivity index (χ4v) is 2.97. The average molecular weight is 343 g/mol. The number of amides is 1. The predicted octanol–water partition coefficient (Wildman–Crippen LogP) is 2.50. The molecule has 3 rings (SSSR count). The molecule has 0 saturated carbocycles. The number of rotatable bonds is 5. The molecule has 0 unspecified atom stereocenters. The molecule has 7 heteroatoms. The lowest BCUT2D eigenvalue weighted by atomic mass is 10.1. The number of nitrogens with zero attached hydrogens (tertiary/aromatic N) is 1. The molecule has 2 aromatic heterocycles. The number of hydrogen-bond acceptors (Lipinski definition) is 6. The van der Waals surface area contributed by atoms with Gasteiger partial charge in [-0.3, -0.25) is 9.59 Å². The number of fused-ring (bicyclic) bond motifs is 1. The van der Waals surface area contributed by atoms with E-state index in [4.69, 9.17) is 10.2 Å². The molecule has 1 aromatic carbocycles. The van der Waals surface area contributed by atoms with E-state index in [1.165, 1.54) is 17.4 Å². The standard InChI is InChI=1S/C17H17N3O3S/c1-10-4-5-12-13(21)8-15(23-14(12)7-10)16(22)19-6-2-3-11-9-24-17(18)20-11/h4-5,7-9H,2-3,6H2,1H3,(H2,18,20)(H,19,22). The van der Waals surface area contributed by atoms with Crippen molar-refractivity contribution in [1.82, 2.24) is 10.3 Å². The quantitative estimate of drug-likeness (QED) is 0.694. The van der Waals surface area contributed by atoms with Crippen molar-refractivity contribution in [3.63, 3.8) is 0 Å². The van der Waals surface area contributed by atoms with Gasteiger partial charge in [0.15, 0.2) is 16.3 Å². The molecule has 0 fully saturated rings. The van der Waals surface area contributed by atoms with Gasteiger partial charge in [-0.15, -0.1) is 11.3 Å². The Labute approximate surface area is 142 Å². The smallest absolute Gasteiger partial charge is 0.287 e. The lowest BCUT2D eigenvalue weighted by molar-refractivity contribution is 0.0926. The number of carbonyl (C=O) groups excluding carboxylic acids is 1. The van der Waals surface area contributed by atoms with Crippen LogP contribution in [0.4, 0.5) is 5.13 Å². The zero-order chi connectivity index (χ0) is 17.1. The highest BCUT2D eigenvalue weighted by Gasteiger charge is 2.12. The third-order valence-electron chi connectivity index (χ3n) is 3.57. The van der Waals surface area contributed by atoms with Crippen molar-refractivity contribution < 1.29 is 9.21 Å². The van der Waals surface area contributed by atoms with Gasteiger partial charge in [0, 0.05) is 18.0 Å². The van der Waals surface area contributed by atoms with E-state index in [0.717, 1.165) is 24.1 Å². The number of hydrogen-bond donors (Lipinski definition) is 2. The van der Waals surface area contributed by atoms with Gasteiger partial charge in [0.05, 0.1) is 11.1 Å². The van der Waals surface area contributed by atoms with Gasteiger partial charge in [0.2, 0.25) is 0 Å². The number of nitrogens with two attached hydrogens (primary N) is 1. The number of carbonyl (C=O) groups is 1. The molecule has 0 aliphatic heterocycles. The first-order valence-corrected chi connectivity index (χ1v) is 8.43. The molecule has 0 spiro atoms. The molecule has 24 heavy (non-hydrogen) atoms. The second kappa shape index (κ2) is 6.84. The van der Waals surface area contributed by atoms with Crippen LogP contribution in [0.25, 0.3) is 11.0 Å². The molecule has 2 heterocycles. The van der Waals surface area contributed by atoms with Crippen LogP contribution in [0.15, 0.2) is 38.9 Å². The van der Waals surface area contributed by atoms with Crippen LogP contribution < -0.4 is 16.5 Å². The molecule has 1 amide bonds. The highest BCUT2D eigenvalue weighted by Crippen LogP contribution is 2.14. The Kier molecular flexibility index (Phi) is 4.61. The molecule has 3 N–H and O–H groups in total. The Bertz CT molecular complexity index is 946. The van der Waals surface area contributed by atoms with Crippen molar-refractivity contribution in [2.75, 3.05) is 12.3 Å². The van der Waals surface area contributed by atoms with E-state index in [1.54, 1.807) is 12.1 Å². The summed E-state index contributed by atoms with van der Waals surface area (Å²) in [7, 11) is 0. The average Bonchev–Trinajstić information content (AvgIpc) is 2.96. The maximum Gasteiger partial charge on any atom is 0.287 e. The van der Waals surface area contributed by atoms with Crippen molar-refractivity contribution in [3.05, 3.63) is 56.9 Å². The Morgan fingerprint density at radius 3 is 2.96 bits per heavy atom. The number of aromatic nitrogens is 1. The molecular weight excluding hydrogens is 326 g/mol. The van der Waals surface area contributed by atoms with Gasteiger partial charge in [0.1, 0.15) is 5.58 Å². The lowest BCUT2D eigenvalue weighted by Crippen LogP contribution is -2.25. The monoisotopic (exact) mass is 343 g/mol. The second-order valence-electron chi connectivity index (χ2n) is 5.51. The summed E-state index contributed by atoms with van der Waals surface area (Å²) >= 11 is 1.40. The Balaban J connectivity index is 1.64. The van der Waals surface area contributed by atoms with Gasteiger partial charge < -0.3 is 15.5 Å². The van der Waals surface area contributed by atoms with Crippen LogP contribution in [0.1, 0.15) is 28.2 Å². The summed E-state index contributed by atoms with van der Waals surface area (Å²) in [6, 6.07) is 6.52. The molecule has 0 radical (unpaired) electrons. The summed E-state index contributed by atoms with van der Waals surface area (Å²) in [4.78, 5) is 28.4. The van der Waals surface area contributed by atoms with Crippen molar-refractivity contribution in [1.29, 1.82) is 0 Å². The van der Waals surface area contributed by atoms with E-state index in [-0.39, 0.29) is 11.2 Å². The Morgan fingerprint density at radius 2 is 2.21 bits per heavy atom. The number of thiazole rings is 1. The number of anilines is 1. The van der Waals surface area contributed by atoms with Crippen molar-refractivity contribution in [2.45, 2.75) is 19.8 Å². The van der Waals surface area contributed by atoms with E-state index in [0.29, 0.717) is 22.6 Å². The molecule has 3 aromatic rings. The minimum atomic E-state index is -0.395. The lowest BCUT2D eigenvalue weighted by Gasteiger charge is -2.05. The number of nitrogens with one attached hydrogen (secondary N) is 1. The Hall–Kier alpha value is -2.67. The maximum atomic E-state index is 12.2. The maximum absolute atomic E-state index is 12.2. The first-order valence-electron chi connectivity index (χ1n) is 7.55. The first-order chi connectivity index (χ1) is 11.5. The van der Waals surface area contributed by atoms with Crippen molar-refractivity contribution >= 4 is 33.3 Å². The minimum Gasteiger partial charge on any atom is -0.451 e. The summed E-state index contributed by atoms with van der Waals surface area (Å²) in [5.74, 6) is -0.371. The topological polar surface area (TPSA) is 98.2 Å². The third kappa shape index (κ3) is 3.62. The highest BCUT2D eigenvalue weighted by molar-refractivity contribution is 7.13. The second-order valence-corrected chi connectivity index (χ2v) is 6.40. The number of aryl methyl sites for hydroxylation is 2. The summed E-state index contributed by atoms with van der Waals surface area (Å²) in [6.07, 6.45) is 1.46. The van der Waals surface area contributed by atoms with Gasteiger partial charge in [0.25, 0.3) is 5.91 Å². The van der Waals surface area contributed by atoms with Crippen LogP contribution in [-0.2, 0) is 6.42 Å². The summed E-state index contributed by atoms with van der Waals surface area (Å²) in [6.45, 7) is 2.36. The fourth-order valence-electron chi connectivity index (χ4n) is 2.37. The molecule has 0 saturated heterocycles. The molecule has 0 aliphatic carbocycles. The molecule has 0 atom stereocenters. The van der Waals surface area contributed by atoms with Crippen molar-refractivity contribution in [3.8, 4) is 0 Å². The molecular formula is C17H17N3O3S. The van der Waals surface area contributed by atoms with Gasteiger partial charge in [-0.1, -0.05) is 6.07 Å². The molecule has 124 valence electrons. The van der Waals surface area contributed by atoms with Crippen molar-refractivity contribution in [2.24, 2.45) is 0 Å². The first kappa shape index (κ1) is 16.2. The predicted molar refractivity (Wildman–Crippen MR) is 94.4 cm³/mol. The Morgan fingerprint density at radius 1 is 1.38 bits per heavy atom. The van der Waals surface area contributed by atoms with Gasteiger partial charge >= 0.3 is 0 Å². The SMILES string of the molecule is Cc1ccc2c(=O)cc(C(=O)NCCCc3csc(N)n3)oc2c1. The summed E-state index contributed by atoms with van der Waals surface area (Å²) < 4.78 is 5.56. The molecule has 0 bridgehead atoms. The van der Waals surface area contributed by atoms with E-state index in [2.05, 4.69) is 10.3 Å². The van der Waals surface area contributed by atoms with Crippen LogP contribution in [-0.4, -0.2) is 17.4 Å². The van der Waals surface area contributed by atoms with E-state index >= 15 is 0 Å². The van der Waals surface area contributed by atoms with E-state index in [1.807, 2.05) is 18.4 Å². The summed E-state index contributed by atoms with van der Waals surface area (Å²) in [5.41, 5.74) is 7.65.